The van der Waals surface area contributed by atoms with E-state index in [9.17, 15) is 4.79 Å². The van der Waals surface area contributed by atoms with E-state index in [1.54, 1.807) is 35.2 Å². The van der Waals surface area contributed by atoms with Crippen LogP contribution in [0.3, 0.4) is 0 Å². The van der Waals surface area contributed by atoms with Crippen LogP contribution in [-0.2, 0) is 0 Å². The van der Waals surface area contributed by atoms with Gasteiger partial charge in [-0.25, -0.2) is 4.68 Å². The normalized spacial score (nSPS) is 10.6. The van der Waals surface area contributed by atoms with Crippen molar-refractivity contribution < 1.29 is 13.9 Å². The fourth-order valence-electron chi connectivity index (χ4n) is 2.72. The van der Waals surface area contributed by atoms with Crippen molar-refractivity contribution in [2.24, 2.45) is 0 Å². The Balaban J connectivity index is 1.58. The number of rotatable bonds is 5. The first kappa shape index (κ1) is 17.5. The largest absolute Gasteiger partial charge is 0.466 e. The number of nitrogens with zero attached hydrogens (tertiary/aromatic N) is 3. The van der Waals surface area contributed by atoms with Gasteiger partial charge in [-0.15, -0.1) is 5.10 Å². The highest BCUT2D eigenvalue weighted by molar-refractivity contribution is 6.04. The molecule has 0 unspecified atom stereocenters. The van der Waals surface area contributed by atoms with E-state index in [1.165, 1.54) is 7.11 Å². The van der Waals surface area contributed by atoms with Crippen molar-refractivity contribution in [3.8, 4) is 23.3 Å². The molecule has 1 N–H and O–H groups in total. The minimum atomic E-state index is -0.161. The van der Waals surface area contributed by atoms with Gasteiger partial charge in [0.1, 0.15) is 0 Å². The highest BCUT2D eigenvalue weighted by Crippen LogP contribution is 2.24. The van der Waals surface area contributed by atoms with Crippen molar-refractivity contribution in [1.29, 1.82) is 0 Å². The fraction of sp³-hybridized carbons (Fsp3) is 0.0952. The SMILES string of the molecule is COc1nc(-c2ccco2)n(-c2ccc(NC(=O)c3ccc(C)cc3)cc2)n1. The number of aryl methyl sites for hydroxylation is 1. The molecule has 4 rings (SSSR count). The maximum Gasteiger partial charge on any atom is 0.336 e. The first-order chi connectivity index (χ1) is 13.6. The lowest BCUT2D eigenvalue weighted by Crippen LogP contribution is -2.11. The van der Waals surface area contributed by atoms with Gasteiger partial charge < -0.3 is 14.5 Å². The van der Waals surface area contributed by atoms with Crippen molar-refractivity contribution in [3.63, 3.8) is 0 Å². The summed E-state index contributed by atoms with van der Waals surface area (Å²) in [5.74, 6) is 0.942. The molecule has 0 atom stereocenters. The molecule has 2 aromatic carbocycles. The predicted octanol–water partition coefficient (Wildman–Crippen LogP) is 4.10. The Morgan fingerprint density at radius 1 is 1.07 bits per heavy atom. The molecule has 0 saturated carbocycles. The number of aromatic nitrogens is 3. The van der Waals surface area contributed by atoms with Gasteiger partial charge in [0.15, 0.2) is 5.76 Å². The van der Waals surface area contributed by atoms with Gasteiger partial charge in [0.05, 0.1) is 19.1 Å². The molecule has 0 aliphatic rings. The number of methoxy groups -OCH3 is 1. The van der Waals surface area contributed by atoms with Crippen LogP contribution in [0.4, 0.5) is 5.69 Å². The van der Waals surface area contributed by atoms with Crippen LogP contribution in [0.25, 0.3) is 17.3 Å². The quantitative estimate of drug-likeness (QED) is 0.569. The summed E-state index contributed by atoms with van der Waals surface area (Å²) >= 11 is 0. The van der Waals surface area contributed by atoms with Gasteiger partial charge in [-0.1, -0.05) is 17.7 Å². The van der Waals surface area contributed by atoms with Gasteiger partial charge in [0.2, 0.25) is 5.82 Å². The molecule has 0 saturated heterocycles. The summed E-state index contributed by atoms with van der Waals surface area (Å²) < 4.78 is 12.2. The summed E-state index contributed by atoms with van der Waals surface area (Å²) in [7, 11) is 1.51. The van der Waals surface area contributed by atoms with Crippen LogP contribution in [-0.4, -0.2) is 27.8 Å². The third-order valence-electron chi connectivity index (χ3n) is 4.20. The second-order valence-corrected chi connectivity index (χ2v) is 6.18. The number of amides is 1. The minimum Gasteiger partial charge on any atom is -0.466 e. The molecule has 0 spiro atoms. The first-order valence-corrected chi connectivity index (χ1v) is 8.67. The van der Waals surface area contributed by atoms with Gasteiger partial charge in [-0.2, -0.15) is 4.98 Å². The average Bonchev–Trinajstić information content (AvgIpc) is 3.38. The number of ether oxygens (including phenoxy) is 1. The molecule has 140 valence electrons. The van der Waals surface area contributed by atoms with Gasteiger partial charge in [0, 0.05) is 11.3 Å². The summed E-state index contributed by atoms with van der Waals surface area (Å²) in [6, 6.07) is 18.5. The lowest BCUT2D eigenvalue weighted by Gasteiger charge is -2.08. The number of hydrogen-bond acceptors (Lipinski definition) is 5. The predicted molar refractivity (Wildman–Crippen MR) is 105 cm³/mol. The maximum absolute atomic E-state index is 12.4. The van der Waals surface area contributed by atoms with Gasteiger partial charge >= 0.3 is 6.01 Å². The van der Waals surface area contributed by atoms with Crippen LogP contribution in [0.1, 0.15) is 15.9 Å². The van der Waals surface area contributed by atoms with E-state index in [1.807, 2.05) is 43.3 Å². The standard InChI is InChI=1S/C21H18N4O3/c1-14-5-7-15(8-6-14)20(26)22-16-9-11-17(12-10-16)25-19(18-4-3-13-28-18)23-21(24-25)27-2/h3-13H,1-2H3,(H,22,26). The number of anilines is 1. The number of carbonyl (C=O) groups excluding carboxylic acids is 1. The number of carbonyl (C=O) groups is 1. The van der Waals surface area contributed by atoms with Gasteiger partial charge in [0.25, 0.3) is 5.91 Å². The summed E-state index contributed by atoms with van der Waals surface area (Å²) in [6.45, 7) is 1.98. The molecular weight excluding hydrogens is 356 g/mol. The molecule has 0 fully saturated rings. The average molecular weight is 374 g/mol. The molecule has 7 nitrogen and oxygen atoms in total. The van der Waals surface area contributed by atoms with Crippen LogP contribution >= 0.6 is 0 Å². The van der Waals surface area contributed by atoms with Crippen LogP contribution in [0.5, 0.6) is 6.01 Å². The Kier molecular flexibility index (Phi) is 4.63. The highest BCUT2D eigenvalue weighted by Gasteiger charge is 2.16. The van der Waals surface area contributed by atoms with E-state index in [2.05, 4.69) is 15.4 Å². The molecule has 0 aliphatic carbocycles. The Hall–Kier alpha value is -3.87. The zero-order chi connectivity index (χ0) is 19.5. The first-order valence-electron chi connectivity index (χ1n) is 8.67. The number of hydrogen-bond donors (Lipinski definition) is 1. The Bertz CT molecular complexity index is 1080. The monoisotopic (exact) mass is 374 g/mol. The number of furan rings is 1. The van der Waals surface area contributed by atoms with Crippen LogP contribution in [0, 0.1) is 6.92 Å². The molecule has 1 amide bonds. The second kappa shape index (κ2) is 7.40. The summed E-state index contributed by atoms with van der Waals surface area (Å²) in [5.41, 5.74) is 3.16. The molecule has 7 heteroatoms. The molecule has 2 heterocycles. The highest BCUT2D eigenvalue weighted by atomic mass is 16.5. The van der Waals surface area contributed by atoms with Crippen LogP contribution in [0.2, 0.25) is 0 Å². The van der Waals surface area contributed by atoms with E-state index in [0.29, 0.717) is 22.8 Å². The smallest absolute Gasteiger partial charge is 0.336 e. The molecule has 0 bridgehead atoms. The topological polar surface area (TPSA) is 82.2 Å². The van der Waals surface area contributed by atoms with E-state index >= 15 is 0 Å². The van der Waals surface area contributed by atoms with Crippen LogP contribution < -0.4 is 10.1 Å². The molecule has 0 radical (unpaired) electrons. The molecule has 2 aromatic heterocycles. The minimum absolute atomic E-state index is 0.161. The maximum atomic E-state index is 12.4. The lowest BCUT2D eigenvalue weighted by molar-refractivity contribution is 0.102. The zero-order valence-electron chi connectivity index (χ0n) is 15.4. The van der Waals surface area contributed by atoms with E-state index in [0.717, 1.165) is 11.3 Å². The Morgan fingerprint density at radius 3 is 2.46 bits per heavy atom. The van der Waals surface area contributed by atoms with E-state index < -0.39 is 0 Å². The summed E-state index contributed by atoms with van der Waals surface area (Å²) in [4.78, 5) is 16.7. The van der Waals surface area contributed by atoms with E-state index in [-0.39, 0.29) is 11.9 Å². The molecule has 28 heavy (non-hydrogen) atoms. The Labute approximate surface area is 161 Å². The van der Waals surface area contributed by atoms with Crippen molar-refractivity contribution in [2.75, 3.05) is 12.4 Å². The lowest BCUT2D eigenvalue weighted by atomic mass is 10.1. The number of nitrogens with one attached hydrogen (secondary N) is 1. The fourth-order valence-corrected chi connectivity index (χ4v) is 2.72. The van der Waals surface area contributed by atoms with Crippen molar-refractivity contribution in [2.45, 2.75) is 6.92 Å². The number of benzene rings is 2. The molecule has 4 aromatic rings. The van der Waals surface area contributed by atoms with Crippen molar-refractivity contribution in [3.05, 3.63) is 78.1 Å². The van der Waals surface area contributed by atoms with Gasteiger partial charge in [-0.05, 0) is 55.5 Å². The third kappa shape index (κ3) is 3.50. The van der Waals surface area contributed by atoms with Crippen LogP contribution in [0.15, 0.2) is 71.3 Å². The summed E-state index contributed by atoms with van der Waals surface area (Å²) in [5, 5.41) is 7.22. The van der Waals surface area contributed by atoms with E-state index in [4.69, 9.17) is 9.15 Å². The molecule has 0 aliphatic heterocycles. The molecular formula is C21H18N4O3. The summed E-state index contributed by atoms with van der Waals surface area (Å²) in [6.07, 6.45) is 1.57. The zero-order valence-corrected chi connectivity index (χ0v) is 15.4. The second-order valence-electron chi connectivity index (χ2n) is 6.18. The van der Waals surface area contributed by atoms with Crippen molar-refractivity contribution >= 4 is 11.6 Å². The third-order valence-corrected chi connectivity index (χ3v) is 4.20. The van der Waals surface area contributed by atoms with Gasteiger partial charge in [-0.3, -0.25) is 4.79 Å². The van der Waals surface area contributed by atoms with Crippen molar-refractivity contribution in [1.82, 2.24) is 14.8 Å². The Morgan fingerprint density at radius 2 is 1.82 bits per heavy atom.